The van der Waals surface area contributed by atoms with Crippen LogP contribution < -0.4 is 10.2 Å². The maximum atomic E-state index is 5.62. The normalized spacial score (nSPS) is 23.6. The molecule has 1 aromatic rings. The lowest BCUT2D eigenvalue weighted by molar-refractivity contribution is -0.00564. The van der Waals surface area contributed by atoms with Gasteiger partial charge >= 0.3 is 0 Å². The predicted octanol–water partition coefficient (Wildman–Crippen LogP) is 2.43. The summed E-state index contributed by atoms with van der Waals surface area (Å²) in [7, 11) is 1.78. The molecule has 5 heteroatoms. The first-order valence-electron chi connectivity index (χ1n) is 7.47. The van der Waals surface area contributed by atoms with Crippen LogP contribution >= 0.6 is 0 Å². The monoisotopic (exact) mass is 281 g/mol. The first kappa shape index (κ1) is 15.3. The van der Waals surface area contributed by atoms with Gasteiger partial charge in [-0.3, -0.25) is 0 Å². The highest BCUT2D eigenvalue weighted by molar-refractivity contribution is 5.29. The fraction of sp³-hybridized carbons (Fsp3) is 0.800. The van der Waals surface area contributed by atoms with Crippen molar-refractivity contribution < 1.29 is 9.15 Å². The minimum absolute atomic E-state index is 0.0945. The summed E-state index contributed by atoms with van der Waals surface area (Å²) in [5.74, 6) is 0.644. The van der Waals surface area contributed by atoms with Crippen molar-refractivity contribution in [3.05, 3.63) is 12.0 Å². The van der Waals surface area contributed by atoms with Crippen LogP contribution in [0.3, 0.4) is 0 Å². The Labute approximate surface area is 121 Å². The molecule has 5 nitrogen and oxygen atoms in total. The lowest BCUT2D eigenvalue weighted by atomic mass is 9.95. The predicted molar refractivity (Wildman–Crippen MR) is 79.9 cm³/mol. The Morgan fingerprint density at radius 3 is 3.05 bits per heavy atom. The highest BCUT2D eigenvalue weighted by atomic mass is 16.5. The molecule has 0 aromatic carbocycles. The van der Waals surface area contributed by atoms with Crippen molar-refractivity contribution in [1.29, 1.82) is 0 Å². The zero-order chi connectivity index (χ0) is 14.6. The molecular weight excluding hydrogens is 254 g/mol. The van der Waals surface area contributed by atoms with E-state index in [1.165, 1.54) is 0 Å². The van der Waals surface area contributed by atoms with E-state index in [0.29, 0.717) is 11.9 Å². The summed E-state index contributed by atoms with van der Waals surface area (Å²) < 4.78 is 11.2. The largest absolute Gasteiger partial charge is 0.432 e. The number of methoxy groups -OCH3 is 1. The third-order valence-electron chi connectivity index (χ3n) is 3.82. The van der Waals surface area contributed by atoms with Gasteiger partial charge in [0.2, 0.25) is 0 Å². The van der Waals surface area contributed by atoms with Crippen LogP contribution in [0.1, 0.15) is 39.3 Å². The van der Waals surface area contributed by atoms with Crippen LogP contribution in [0.5, 0.6) is 0 Å². The molecule has 0 spiro atoms. The van der Waals surface area contributed by atoms with Gasteiger partial charge in [-0.1, -0.05) is 13.8 Å². The number of anilines is 1. The summed E-state index contributed by atoms with van der Waals surface area (Å²) in [5.41, 5.74) is 0.869. The van der Waals surface area contributed by atoms with Gasteiger partial charge in [0.05, 0.1) is 17.8 Å². The van der Waals surface area contributed by atoms with E-state index in [9.17, 15) is 0 Å². The van der Waals surface area contributed by atoms with Crippen molar-refractivity contribution in [2.75, 3.05) is 31.6 Å². The van der Waals surface area contributed by atoms with Gasteiger partial charge in [0.15, 0.2) is 0 Å². The Balaban J connectivity index is 1.91. The molecule has 1 saturated heterocycles. The third kappa shape index (κ3) is 3.96. The number of hydrogen-bond donors (Lipinski definition) is 1. The Kier molecular flexibility index (Phi) is 5.05. The summed E-state index contributed by atoms with van der Waals surface area (Å²) in [5, 5.41) is 3.38. The second-order valence-corrected chi connectivity index (χ2v) is 6.33. The molecule has 0 aliphatic carbocycles. The summed E-state index contributed by atoms with van der Waals surface area (Å²) in [6, 6.07) is 0.717. The standard InChI is InChI=1S/C15H27N3O2/c1-12(2)8-16-9-13-10-20-14(17-13)18-7-5-6-15(3,11-18)19-4/h10,12,16H,5-9,11H2,1-4H3. The smallest absolute Gasteiger partial charge is 0.297 e. The number of aromatic nitrogens is 1. The fourth-order valence-electron chi connectivity index (χ4n) is 2.55. The Morgan fingerprint density at radius 1 is 1.55 bits per heavy atom. The van der Waals surface area contributed by atoms with E-state index < -0.39 is 0 Å². The van der Waals surface area contributed by atoms with Crippen LogP contribution in [-0.2, 0) is 11.3 Å². The van der Waals surface area contributed by atoms with E-state index in [-0.39, 0.29) is 5.60 Å². The van der Waals surface area contributed by atoms with Gasteiger partial charge in [0.1, 0.15) is 6.26 Å². The Hall–Kier alpha value is -1.07. The Bertz CT molecular complexity index is 419. The van der Waals surface area contributed by atoms with Crippen LogP contribution in [0.25, 0.3) is 0 Å². The number of ether oxygens (including phenoxy) is 1. The molecule has 1 N–H and O–H groups in total. The molecule has 0 radical (unpaired) electrons. The minimum Gasteiger partial charge on any atom is -0.432 e. The van der Waals surface area contributed by atoms with Crippen LogP contribution in [0.4, 0.5) is 6.01 Å². The molecule has 1 unspecified atom stereocenters. The highest BCUT2D eigenvalue weighted by Crippen LogP contribution is 2.27. The van der Waals surface area contributed by atoms with Gasteiger partial charge in [-0.15, -0.1) is 0 Å². The zero-order valence-electron chi connectivity index (χ0n) is 13.1. The van der Waals surface area contributed by atoms with E-state index in [0.717, 1.165) is 44.7 Å². The molecule has 0 amide bonds. The van der Waals surface area contributed by atoms with Crippen molar-refractivity contribution in [3.63, 3.8) is 0 Å². The minimum atomic E-state index is -0.0945. The van der Waals surface area contributed by atoms with Gasteiger partial charge in [-0.2, -0.15) is 4.98 Å². The number of rotatable bonds is 6. The van der Waals surface area contributed by atoms with Crippen molar-refractivity contribution in [3.8, 4) is 0 Å². The number of piperidine rings is 1. The lowest BCUT2D eigenvalue weighted by Gasteiger charge is -2.38. The SMILES string of the molecule is COC1(C)CCCN(c2nc(CNCC(C)C)co2)C1. The molecule has 114 valence electrons. The summed E-state index contributed by atoms with van der Waals surface area (Å²) in [6.45, 7) is 10.1. The highest BCUT2D eigenvalue weighted by Gasteiger charge is 2.32. The van der Waals surface area contributed by atoms with Crippen molar-refractivity contribution in [2.24, 2.45) is 5.92 Å². The van der Waals surface area contributed by atoms with Crippen LogP contribution in [0.15, 0.2) is 10.7 Å². The van der Waals surface area contributed by atoms with Gasteiger partial charge in [-0.25, -0.2) is 0 Å². The van der Waals surface area contributed by atoms with Crippen LogP contribution in [0, 0.1) is 5.92 Å². The average Bonchev–Trinajstić information content (AvgIpc) is 2.87. The molecule has 0 bridgehead atoms. The number of hydrogen-bond acceptors (Lipinski definition) is 5. The van der Waals surface area contributed by atoms with Crippen molar-refractivity contribution in [1.82, 2.24) is 10.3 Å². The van der Waals surface area contributed by atoms with Crippen LogP contribution in [-0.4, -0.2) is 37.3 Å². The number of nitrogens with zero attached hydrogens (tertiary/aromatic N) is 2. The van der Waals surface area contributed by atoms with E-state index in [2.05, 4.69) is 36.0 Å². The molecular formula is C15H27N3O2. The molecule has 1 aliphatic rings. The van der Waals surface area contributed by atoms with E-state index in [4.69, 9.17) is 9.15 Å². The summed E-state index contributed by atoms with van der Waals surface area (Å²) in [4.78, 5) is 6.75. The molecule has 1 fully saturated rings. The molecule has 1 atom stereocenters. The molecule has 20 heavy (non-hydrogen) atoms. The second-order valence-electron chi connectivity index (χ2n) is 6.33. The van der Waals surface area contributed by atoms with Crippen molar-refractivity contribution >= 4 is 6.01 Å². The quantitative estimate of drug-likeness (QED) is 0.868. The number of nitrogens with one attached hydrogen (secondary N) is 1. The molecule has 0 saturated carbocycles. The van der Waals surface area contributed by atoms with E-state index in [1.807, 2.05) is 0 Å². The lowest BCUT2D eigenvalue weighted by Crippen LogP contribution is -2.47. The van der Waals surface area contributed by atoms with Gasteiger partial charge in [-0.05, 0) is 32.2 Å². The zero-order valence-corrected chi connectivity index (χ0v) is 13.1. The van der Waals surface area contributed by atoms with Crippen LogP contribution in [0.2, 0.25) is 0 Å². The molecule has 2 heterocycles. The van der Waals surface area contributed by atoms with Crippen molar-refractivity contribution in [2.45, 2.75) is 45.8 Å². The first-order chi connectivity index (χ1) is 9.52. The summed E-state index contributed by atoms with van der Waals surface area (Å²) in [6.07, 6.45) is 3.94. The molecule has 1 aromatic heterocycles. The van der Waals surface area contributed by atoms with Gasteiger partial charge < -0.3 is 19.4 Å². The average molecular weight is 281 g/mol. The third-order valence-corrected chi connectivity index (χ3v) is 3.82. The second kappa shape index (κ2) is 6.59. The maximum Gasteiger partial charge on any atom is 0.297 e. The molecule has 2 rings (SSSR count). The summed E-state index contributed by atoms with van der Waals surface area (Å²) >= 11 is 0. The Morgan fingerprint density at radius 2 is 2.35 bits per heavy atom. The van der Waals surface area contributed by atoms with E-state index in [1.54, 1.807) is 13.4 Å². The fourth-order valence-corrected chi connectivity index (χ4v) is 2.55. The number of oxazole rings is 1. The molecule has 1 aliphatic heterocycles. The maximum absolute atomic E-state index is 5.62. The van der Waals surface area contributed by atoms with Gasteiger partial charge in [0, 0.05) is 20.2 Å². The topological polar surface area (TPSA) is 50.5 Å². The van der Waals surface area contributed by atoms with E-state index >= 15 is 0 Å². The van der Waals surface area contributed by atoms with Gasteiger partial charge in [0.25, 0.3) is 6.01 Å². The first-order valence-corrected chi connectivity index (χ1v) is 7.47.